The summed E-state index contributed by atoms with van der Waals surface area (Å²) >= 11 is 1.46. The predicted octanol–water partition coefficient (Wildman–Crippen LogP) is 3.18. The summed E-state index contributed by atoms with van der Waals surface area (Å²) in [6.07, 6.45) is 0.0770. The smallest absolute Gasteiger partial charge is 0.252 e. The normalized spacial score (nSPS) is 10.7. The fraction of sp³-hybridized carbons (Fsp3) is 0.160. The van der Waals surface area contributed by atoms with E-state index in [2.05, 4.69) is 26.2 Å². The number of amides is 2. The van der Waals surface area contributed by atoms with Crippen molar-refractivity contribution in [2.45, 2.75) is 17.1 Å². The minimum Gasteiger partial charge on any atom is -0.354 e. The van der Waals surface area contributed by atoms with Crippen LogP contribution in [-0.4, -0.2) is 45.1 Å². The highest BCUT2D eigenvalue weighted by Gasteiger charge is 2.14. The molecule has 2 N–H and O–H groups in total. The molecule has 2 amide bonds. The predicted molar refractivity (Wildman–Crippen MR) is 131 cm³/mol. The quantitative estimate of drug-likeness (QED) is 0.262. The number of benzene rings is 3. The van der Waals surface area contributed by atoms with E-state index in [9.17, 15) is 14.0 Å². The Bertz CT molecular complexity index is 1300. The molecule has 0 radical (unpaired) electrons. The van der Waals surface area contributed by atoms with Crippen LogP contribution in [0.15, 0.2) is 83.8 Å². The number of halogens is 1. The van der Waals surface area contributed by atoms with Gasteiger partial charge in [-0.1, -0.05) is 42.5 Å². The Kier molecular flexibility index (Phi) is 8.18. The first-order chi connectivity index (χ1) is 17.1. The molecule has 1 aromatic heterocycles. The molecule has 0 atom stereocenters. The Morgan fingerprint density at radius 3 is 2.51 bits per heavy atom. The van der Waals surface area contributed by atoms with Crippen molar-refractivity contribution in [3.05, 3.63) is 102 Å². The molecule has 8 nitrogen and oxygen atoms in total. The van der Waals surface area contributed by atoms with Gasteiger partial charge in [0.05, 0.1) is 23.4 Å². The second-order valence-electron chi connectivity index (χ2n) is 7.54. The summed E-state index contributed by atoms with van der Waals surface area (Å²) in [5, 5.41) is 17.5. The van der Waals surface area contributed by atoms with Crippen molar-refractivity contribution < 1.29 is 14.0 Å². The third-order valence-corrected chi connectivity index (χ3v) is 6.08. The molecule has 0 saturated heterocycles. The number of carbonyl (C=O) groups excluding carboxylic acids is 2. The van der Waals surface area contributed by atoms with Crippen LogP contribution in [0.1, 0.15) is 21.7 Å². The van der Waals surface area contributed by atoms with Crippen molar-refractivity contribution in [1.82, 2.24) is 30.8 Å². The van der Waals surface area contributed by atoms with Crippen LogP contribution in [-0.2, 0) is 17.0 Å². The van der Waals surface area contributed by atoms with Crippen LogP contribution in [0, 0.1) is 5.82 Å². The molecule has 0 saturated carbocycles. The van der Waals surface area contributed by atoms with Gasteiger partial charge in [-0.15, -0.1) is 16.9 Å². The molecule has 0 aliphatic carbocycles. The van der Waals surface area contributed by atoms with E-state index in [1.54, 1.807) is 28.9 Å². The molecule has 0 aliphatic heterocycles. The van der Waals surface area contributed by atoms with Crippen LogP contribution in [0.2, 0.25) is 0 Å². The molecule has 0 aliphatic rings. The monoisotopic (exact) mass is 490 g/mol. The largest absolute Gasteiger partial charge is 0.354 e. The van der Waals surface area contributed by atoms with E-state index in [1.165, 1.54) is 23.9 Å². The van der Waals surface area contributed by atoms with Gasteiger partial charge in [0.25, 0.3) is 5.91 Å². The number of hydrogen-bond acceptors (Lipinski definition) is 6. The zero-order valence-corrected chi connectivity index (χ0v) is 19.5. The maximum Gasteiger partial charge on any atom is 0.252 e. The van der Waals surface area contributed by atoms with E-state index in [0.717, 1.165) is 10.6 Å². The van der Waals surface area contributed by atoms with Gasteiger partial charge in [-0.2, -0.15) is 4.68 Å². The number of carbonyl (C=O) groups is 2. The highest BCUT2D eigenvalue weighted by molar-refractivity contribution is 7.98. The fourth-order valence-electron chi connectivity index (χ4n) is 3.36. The average molecular weight is 491 g/mol. The summed E-state index contributed by atoms with van der Waals surface area (Å²) in [4.78, 5) is 25.6. The molecule has 1 heterocycles. The fourth-order valence-corrected chi connectivity index (χ4v) is 4.31. The van der Waals surface area contributed by atoms with Crippen molar-refractivity contribution in [2.75, 3.05) is 13.1 Å². The molecule has 35 heavy (non-hydrogen) atoms. The van der Waals surface area contributed by atoms with Crippen molar-refractivity contribution in [2.24, 2.45) is 0 Å². The third-order valence-electron chi connectivity index (χ3n) is 5.01. The van der Waals surface area contributed by atoms with Gasteiger partial charge < -0.3 is 10.6 Å². The molecular formula is C25H23FN6O2S. The van der Waals surface area contributed by atoms with E-state index in [1.807, 2.05) is 42.5 Å². The molecule has 4 aromatic rings. The lowest BCUT2D eigenvalue weighted by atomic mass is 10.1. The highest BCUT2D eigenvalue weighted by atomic mass is 32.2. The number of aromatic nitrogens is 4. The summed E-state index contributed by atoms with van der Waals surface area (Å²) < 4.78 is 14.9. The summed E-state index contributed by atoms with van der Waals surface area (Å²) in [7, 11) is 0. The standard InChI is InChI=1S/C25H23FN6O2S/c26-19-8-6-7-18(15-19)16-24(33)27-13-14-28-25(34)21-11-4-5-12-22(21)35-17-23-29-30-31-32(23)20-9-2-1-3-10-20/h1-12,15H,13-14,16-17H2,(H,27,33)(H,28,34). The Morgan fingerprint density at radius 1 is 0.914 bits per heavy atom. The molecule has 4 rings (SSSR count). The summed E-state index contributed by atoms with van der Waals surface area (Å²) in [6.45, 7) is 0.528. The average Bonchev–Trinajstić information content (AvgIpc) is 3.35. The van der Waals surface area contributed by atoms with E-state index >= 15 is 0 Å². The zero-order valence-electron chi connectivity index (χ0n) is 18.7. The van der Waals surface area contributed by atoms with Crippen LogP contribution >= 0.6 is 11.8 Å². The SMILES string of the molecule is O=C(Cc1cccc(F)c1)NCCNC(=O)c1ccccc1SCc1nnnn1-c1ccccc1. The highest BCUT2D eigenvalue weighted by Crippen LogP contribution is 2.26. The van der Waals surface area contributed by atoms with Gasteiger partial charge in [-0.3, -0.25) is 9.59 Å². The molecule has 178 valence electrons. The number of thioether (sulfide) groups is 1. The maximum absolute atomic E-state index is 13.2. The number of nitrogens with one attached hydrogen (secondary N) is 2. The van der Waals surface area contributed by atoms with Crippen LogP contribution < -0.4 is 10.6 Å². The van der Waals surface area contributed by atoms with Gasteiger partial charge in [0.1, 0.15) is 5.82 Å². The summed E-state index contributed by atoms with van der Waals surface area (Å²) in [6, 6.07) is 22.8. The lowest BCUT2D eigenvalue weighted by Gasteiger charge is -2.11. The van der Waals surface area contributed by atoms with Gasteiger partial charge in [0.2, 0.25) is 5.91 Å². The first-order valence-electron chi connectivity index (χ1n) is 10.9. The van der Waals surface area contributed by atoms with Gasteiger partial charge >= 0.3 is 0 Å². The van der Waals surface area contributed by atoms with E-state index in [0.29, 0.717) is 22.7 Å². The van der Waals surface area contributed by atoms with Gasteiger partial charge in [0.15, 0.2) is 5.82 Å². The Labute approximate surface area is 205 Å². The Hall–Kier alpha value is -4.05. The molecule has 0 spiro atoms. The van der Waals surface area contributed by atoms with Crippen molar-refractivity contribution >= 4 is 23.6 Å². The van der Waals surface area contributed by atoms with E-state index in [4.69, 9.17) is 0 Å². The number of rotatable bonds is 10. The van der Waals surface area contributed by atoms with Crippen LogP contribution in [0.5, 0.6) is 0 Å². The first-order valence-corrected chi connectivity index (χ1v) is 11.9. The Morgan fingerprint density at radius 2 is 1.69 bits per heavy atom. The van der Waals surface area contributed by atoms with E-state index in [-0.39, 0.29) is 37.1 Å². The molecule has 3 aromatic carbocycles. The summed E-state index contributed by atoms with van der Waals surface area (Å²) in [5.74, 6) is 0.280. The number of nitrogens with zero attached hydrogens (tertiary/aromatic N) is 4. The number of hydrogen-bond donors (Lipinski definition) is 2. The molecule has 0 unspecified atom stereocenters. The minimum atomic E-state index is -0.379. The third kappa shape index (κ3) is 6.73. The van der Waals surface area contributed by atoms with Crippen molar-refractivity contribution in [3.8, 4) is 5.69 Å². The zero-order chi connectivity index (χ0) is 24.5. The van der Waals surface area contributed by atoms with Crippen LogP contribution in [0.4, 0.5) is 4.39 Å². The number of para-hydroxylation sites is 1. The molecule has 0 fully saturated rings. The topological polar surface area (TPSA) is 102 Å². The molecule has 10 heteroatoms. The lowest BCUT2D eigenvalue weighted by Crippen LogP contribution is -2.35. The maximum atomic E-state index is 13.2. The van der Waals surface area contributed by atoms with Crippen molar-refractivity contribution in [1.29, 1.82) is 0 Å². The van der Waals surface area contributed by atoms with Gasteiger partial charge in [-0.25, -0.2) is 4.39 Å². The van der Waals surface area contributed by atoms with Gasteiger partial charge in [0, 0.05) is 18.0 Å². The Balaban J connectivity index is 1.28. The van der Waals surface area contributed by atoms with Crippen LogP contribution in [0.25, 0.3) is 5.69 Å². The van der Waals surface area contributed by atoms with Gasteiger partial charge in [-0.05, 0) is 52.4 Å². The molecule has 0 bridgehead atoms. The lowest BCUT2D eigenvalue weighted by molar-refractivity contribution is -0.120. The van der Waals surface area contributed by atoms with E-state index < -0.39 is 0 Å². The van der Waals surface area contributed by atoms with Crippen molar-refractivity contribution in [3.63, 3.8) is 0 Å². The van der Waals surface area contributed by atoms with Crippen LogP contribution in [0.3, 0.4) is 0 Å². The number of tetrazole rings is 1. The molecular weight excluding hydrogens is 467 g/mol. The first kappa shape index (κ1) is 24.1. The second-order valence-corrected chi connectivity index (χ2v) is 8.56. The second kappa shape index (κ2) is 11.9. The minimum absolute atomic E-state index is 0.0770. The summed E-state index contributed by atoms with van der Waals surface area (Å²) in [5.41, 5.74) is 1.98.